The number of aliphatic carboxylic acids is 1. The first-order valence-electron chi connectivity index (χ1n) is 6.06. The summed E-state index contributed by atoms with van der Waals surface area (Å²) in [6.45, 7) is 7.85. The van der Waals surface area contributed by atoms with Crippen molar-refractivity contribution < 1.29 is 14.3 Å². The predicted octanol–water partition coefficient (Wildman–Crippen LogP) is 1.78. The van der Waals surface area contributed by atoms with Gasteiger partial charge in [0, 0.05) is 11.3 Å². The second-order valence-electron chi connectivity index (χ2n) is 4.63. The Morgan fingerprint density at radius 3 is 2.47 bits per heavy atom. The third kappa shape index (κ3) is 2.67. The highest BCUT2D eigenvalue weighted by Crippen LogP contribution is 2.16. The van der Waals surface area contributed by atoms with Crippen LogP contribution >= 0.6 is 0 Å². The Kier molecular flexibility index (Phi) is 3.42. The Hall–Kier alpha value is -2.11. The largest absolute Gasteiger partial charge is 0.481 e. The summed E-state index contributed by atoms with van der Waals surface area (Å²) in [7, 11) is 0. The molecular weight excluding hydrogens is 246 g/mol. The molecule has 0 spiro atoms. The Morgan fingerprint density at radius 2 is 1.95 bits per heavy atom. The Bertz CT molecular complexity index is 606. The van der Waals surface area contributed by atoms with Gasteiger partial charge >= 0.3 is 5.97 Å². The van der Waals surface area contributed by atoms with E-state index in [1.165, 1.54) is 0 Å². The van der Waals surface area contributed by atoms with Gasteiger partial charge < -0.3 is 9.52 Å². The van der Waals surface area contributed by atoms with Crippen LogP contribution in [0.15, 0.2) is 4.42 Å². The van der Waals surface area contributed by atoms with Gasteiger partial charge in [-0.05, 0) is 27.7 Å². The van der Waals surface area contributed by atoms with Gasteiger partial charge in [0.2, 0.25) is 5.89 Å². The number of hydrogen-bond donors (Lipinski definition) is 1. The van der Waals surface area contributed by atoms with Crippen LogP contribution in [0.2, 0.25) is 0 Å². The average Bonchev–Trinajstić information content (AvgIpc) is 2.74. The van der Waals surface area contributed by atoms with Crippen LogP contribution in [0, 0.1) is 27.7 Å². The van der Waals surface area contributed by atoms with Crippen LogP contribution in [0.4, 0.5) is 0 Å². The molecule has 0 aliphatic heterocycles. The first kappa shape index (κ1) is 13.3. The fourth-order valence-electron chi connectivity index (χ4n) is 2.03. The number of aryl methyl sites for hydroxylation is 3. The summed E-state index contributed by atoms with van der Waals surface area (Å²) in [6, 6.07) is 0. The molecule has 1 N–H and O–H groups in total. The fraction of sp³-hybridized carbons (Fsp3) is 0.462. The third-order valence-electron chi connectivity index (χ3n) is 3.22. The van der Waals surface area contributed by atoms with Gasteiger partial charge in [0.05, 0.1) is 17.8 Å². The number of carboxylic acid groups (broad SMARTS) is 1. The minimum Gasteiger partial charge on any atom is -0.481 e. The summed E-state index contributed by atoms with van der Waals surface area (Å²) >= 11 is 0. The molecule has 0 unspecified atom stereocenters. The molecule has 0 saturated heterocycles. The maximum absolute atomic E-state index is 10.8. The normalized spacial score (nSPS) is 10.9. The lowest BCUT2D eigenvalue weighted by molar-refractivity contribution is -0.136. The van der Waals surface area contributed by atoms with Crippen molar-refractivity contribution >= 4 is 5.97 Å². The van der Waals surface area contributed by atoms with Gasteiger partial charge in [-0.2, -0.15) is 5.10 Å². The summed E-state index contributed by atoms with van der Waals surface area (Å²) < 4.78 is 7.25. The minimum atomic E-state index is -0.853. The van der Waals surface area contributed by atoms with Crippen LogP contribution in [-0.2, 0) is 17.8 Å². The fourth-order valence-corrected chi connectivity index (χ4v) is 2.03. The zero-order valence-corrected chi connectivity index (χ0v) is 11.5. The zero-order chi connectivity index (χ0) is 14.2. The second kappa shape index (κ2) is 4.87. The molecule has 0 aromatic carbocycles. The van der Waals surface area contributed by atoms with Gasteiger partial charge in [-0.1, -0.05) is 0 Å². The smallest absolute Gasteiger partial charge is 0.307 e. The summed E-state index contributed by atoms with van der Waals surface area (Å²) in [4.78, 5) is 15.1. The first-order chi connectivity index (χ1) is 8.88. The standard InChI is InChI=1S/C13H17N3O3/c1-7-10(4)19-12(14-7)6-16-9(3)11(5-13(17)18)8(2)15-16/h5-6H2,1-4H3,(H,17,18). The van der Waals surface area contributed by atoms with Crippen LogP contribution < -0.4 is 0 Å². The van der Waals surface area contributed by atoms with Crippen LogP contribution in [-0.4, -0.2) is 25.8 Å². The van der Waals surface area contributed by atoms with Gasteiger partial charge in [0.1, 0.15) is 12.3 Å². The molecule has 2 rings (SSSR count). The Morgan fingerprint density at radius 1 is 1.26 bits per heavy atom. The molecule has 0 atom stereocenters. The van der Waals surface area contributed by atoms with Crippen LogP contribution in [0.25, 0.3) is 0 Å². The average molecular weight is 263 g/mol. The molecule has 0 bridgehead atoms. The summed E-state index contributed by atoms with van der Waals surface area (Å²) in [5.41, 5.74) is 3.20. The van der Waals surface area contributed by atoms with E-state index in [-0.39, 0.29) is 6.42 Å². The zero-order valence-electron chi connectivity index (χ0n) is 11.5. The molecule has 0 amide bonds. The molecule has 2 aromatic heterocycles. The molecule has 0 aliphatic rings. The molecule has 2 heterocycles. The number of rotatable bonds is 4. The molecule has 6 heteroatoms. The molecule has 2 aromatic rings. The van der Waals surface area contributed by atoms with Crippen molar-refractivity contribution in [1.82, 2.24) is 14.8 Å². The Labute approximate surface area is 111 Å². The molecule has 0 radical (unpaired) electrons. The van der Waals surface area contributed by atoms with Crippen molar-refractivity contribution in [2.75, 3.05) is 0 Å². The van der Waals surface area contributed by atoms with E-state index in [1.807, 2.05) is 27.7 Å². The minimum absolute atomic E-state index is 0.0126. The number of carbonyl (C=O) groups is 1. The first-order valence-corrected chi connectivity index (χ1v) is 6.06. The second-order valence-corrected chi connectivity index (χ2v) is 4.63. The molecule has 6 nitrogen and oxygen atoms in total. The summed E-state index contributed by atoms with van der Waals surface area (Å²) in [5, 5.41) is 13.2. The molecule has 0 saturated carbocycles. The topological polar surface area (TPSA) is 81.2 Å². The van der Waals surface area contributed by atoms with Gasteiger partial charge in [-0.3, -0.25) is 9.48 Å². The highest BCUT2D eigenvalue weighted by Gasteiger charge is 2.16. The lowest BCUT2D eigenvalue weighted by atomic mass is 10.1. The number of oxazole rings is 1. The van der Waals surface area contributed by atoms with E-state index >= 15 is 0 Å². The van der Waals surface area contributed by atoms with Crippen molar-refractivity contribution in [2.24, 2.45) is 0 Å². The number of hydrogen-bond acceptors (Lipinski definition) is 4. The van der Waals surface area contributed by atoms with Crippen LogP contribution in [0.3, 0.4) is 0 Å². The van der Waals surface area contributed by atoms with E-state index in [9.17, 15) is 4.79 Å². The van der Waals surface area contributed by atoms with E-state index in [0.717, 1.165) is 28.4 Å². The van der Waals surface area contributed by atoms with Crippen LogP contribution in [0.1, 0.15) is 34.3 Å². The van der Waals surface area contributed by atoms with Gasteiger partial charge in [0.15, 0.2) is 0 Å². The molecular formula is C13H17N3O3. The van der Waals surface area contributed by atoms with Gasteiger partial charge in [0.25, 0.3) is 0 Å². The number of nitrogens with zero attached hydrogens (tertiary/aromatic N) is 3. The lowest BCUT2D eigenvalue weighted by Crippen LogP contribution is -2.06. The predicted molar refractivity (Wildman–Crippen MR) is 68.1 cm³/mol. The third-order valence-corrected chi connectivity index (χ3v) is 3.22. The van der Waals surface area contributed by atoms with E-state index in [1.54, 1.807) is 4.68 Å². The van der Waals surface area contributed by atoms with E-state index in [2.05, 4.69) is 10.1 Å². The Balaban J connectivity index is 2.28. The highest BCUT2D eigenvalue weighted by molar-refractivity contribution is 5.70. The van der Waals surface area contributed by atoms with E-state index in [0.29, 0.717) is 12.4 Å². The monoisotopic (exact) mass is 263 g/mol. The quantitative estimate of drug-likeness (QED) is 0.909. The summed E-state index contributed by atoms with van der Waals surface area (Å²) in [5.74, 6) is 0.526. The van der Waals surface area contributed by atoms with Crippen molar-refractivity contribution in [2.45, 2.75) is 40.7 Å². The maximum atomic E-state index is 10.8. The maximum Gasteiger partial charge on any atom is 0.307 e. The van der Waals surface area contributed by atoms with Crippen molar-refractivity contribution in [3.63, 3.8) is 0 Å². The van der Waals surface area contributed by atoms with Crippen molar-refractivity contribution in [3.05, 3.63) is 34.3 Å². The van der Waals surface area contributed by atoms with E-state index in [4.69, 9.17) is 9.52 Å². The van der Waals surface area contributed by atoms with Crippen molar-refractivity contribution in [3.8, 4) is 0 Å². The number of carboxylic acids is 1. The highest BCUT2D eigenvalue weighted by atomic mass is 16.4. The summed E-state index contributed by atoms with van der Waals surface area (Å²) in [6.07, 6.45) is -0.0126. The lowest BCUT2D eigenvalue weighted by Gasteiger charge is -2.01. The molecule has 0 fully saturated rings. The number of aromatic nitrogens is 3. The van der Waals surface area contributed by atoms with Gasteiger partial charge in [-0.15, -0.1) is 0 Å². The van der Waals surface area contributed by atoms with Crippen molar-refractivity contribution in [1.29, 1.82) is 0 Å². The SMILES string of the molecule is Cc1nc(Cn2nc(C)c(CC(=O)O)c2C)oc1C. The molecule has 0 aliphatic carbocycles. The molecule has 19 heavy (non-hydrogen) atoms. The van der Waals surface area contributed by atoms with Crippen LogP contribution in [0.5, 0.6) is 0 Å². The van der Waals surface area contributed by atoms with E-state index < -0.39 is 5.97 Å². The molecule has 102 valence electrons. The van der Waals surface area contributed by atoms with Gasteiger partial charge in [-0.25, -0.2) is 4.98 Å².